The third-order valence-electron chi connectivity index (χ3n) is 5.35. The number of hydrogen-bond acceptors (Lipinski definition) is 7. The van der Waals surface area contributed by atoms with Crippen molar-refractivity contribution in [2.45, 2.75) is 17.9 Å². The van der Waals surface area contributed by atoms with E-state index in [1.807, 2.05) is 0 Å². The quantitative estimate of drug-likeness (QED) is 0.380. The van der Waals surface area contributed by atoms with Gasteiger partial charge in [0.2, 0.25) is 5.91 Å². The van der Waals surface area contributed by atoms with Crippen LogP contribution in [-0.4, -0.2) is 33.1 Å². The summed E-state index contributed by atoms with van der Waals surface area (Å²) in [7, 11) is -1.21. The fourth-order valence-corrected chi connectivity index (χ4v) is 4.80. The zero-order valence-corrected chi connectivity index (χ0v) is 20.0. The maximum atomic E-state index is 13.1. The maximum absolute atomic E-state index is 13.1. The summed E-state index contributed by atoms with van der Waals surface area (Å²) in [5.74, 6) is -0.534. The van der Waals surface area contributed by atoms with E-state index >= 15 is 0 Å². The summed E-state index contributed by atoms with van der Waals surface area (Å²) in [6.45, 7) is 1.55. The number of fused-ring (bicyclic) bond motifs is 1. The lowest BCUT2D eigenvalue weighted by molar-refractivity contribution is -0.118. The zero-order chi connectivity index (χ0) is 25.2. The van der Waals surface area contributed by atoms with Gasteiger partial charge in [0.05, 0.1) is 19.7 Å². The highest BCUT2D eigenvalue weighted by molar-refractivity contribution is 7.92. The third-order valence-corrected chi connectivity index (χ3v) is 6.75. The zero-order valence-electron chi connectivity index (χ0n) is 19.1. The molecule has 1 atom stereocenters. The van der Waals surface area contributed by atoms with Crippen LogP contribution in [0.2, 0.25) is 0 Å². The number of carbonyl (C=O) groups is 1. The summed E-state index contributed by atoms with van der Waals surface area (Å²) in [5.41, 5.74) is 1.36. The predicted octanol–water partition coefficient (Wildman–Crippen LogP) is 3.61. The van der Waals surface area contributed by atoms with Crippen LogP contribution in [0.1, 0.15) is 13.0 Å². The van der Waals surface area contributed by atoms with Crippen molar-refractivity contribution in [3.05, 3.63) is 77.3 Å². The Morgan fingerprint density at radius 1 is 0.971 bits per heavy atom. The summed E-state index contributed by atoms with van der Waals surface area (Å²) in [6, 6.07) is 16.4. The normalized spacial score (nSPS) is 12.2. The van der Waals surface area contributed by atoms with E-state index in [-0.39, 0.29) is 16.3 Å². The molecule has 35 heavy (non-hydrogen) atoms. The Bertz CT molecular complexity index is 1540. The van der Waals surface area contributed by atoms with Crippen molar-refractivity contribution in [1.82, 2.24) is 4.57 Å². The van der Waals surface area contributed by atoms with Crippen LogP contribution in [0, 0.1) is 0 Å². The van der Waals surface area contributed by atoms with E-state index in [2.05, 4.69) is 10.0 Å². The molecule has 10 nitrogen and oxygen atoms in total. The standard InChI is InChI=1S/C24H23N3O7S/c1-15(27-19-6-4-5-7-20(19)34-24(27)29)23(28)25-17-10-13-21(33-3)22(14-17)35(30,31)26-16-8-11-18(32-2)12-9-16/h4-15,26H,1-3H3,(H,25,28)/t15-/m0/s1. The number of benzene rings is 3. The first-order valence-electron chi connectivity index (χ1n) is 10.5. The Balaban J connectivity index is 1.61. The molecule has 1 aromatic heterocycles. The van der Waals surface area contributed by atoms with Gasteiger partial charge in [-0.25, -0.2) is 13.2 Å². The van der Waals surface area contributed by atoms with E-state index in [4.69, 9.17) is 13.9 Å². The van der Waals surface area contributed by atoms with Crippen molar-refractivity contribution in [3.8, 4) is 11.5 Å². The molecule has 0 aliphatic carbocycles. The molecule has 3 aromatic carbocycles. The molecule has 11 heteroatoms. The van der Waals surface area contributed by atoms with Crippen LogP contribution in [0.4, 0.5) is 11.4 Å². The average Bonchev–Trinajstić information content (AvgIpc) is 3.19. The van der Waals surface area contributed by atoms with Crippen LogP contribution in [0.5, 0.6) is 11.5 Å². The molecule has 182 valence electrons. The number of rotatable bonds is 8. The van der Waals surface area contributed by atoms with Gasteiger partial charge in [0, 0.05) is 11.4 Å². The summed E-state index contributed by atoms with van der Waals surface area (Å²) in [5, 5.41) is 2.66. The molecular formula is C24H23N3O7S. The van der Waals surface area contributed by atoms with Gasteiger partial charge in [-0.1, -0.05) is 12.1 Å². The lowest BCUT2D eigenvalue weighted by atomic mass is 10.2. The molecule has 0 spiro atoms. The van der Waals surface area contributed by atoms with Crippen LogP contribution < -0.4 is 25.3 Å². The van der Waals surface area contributed by atoms with Crippen molar-refractivity contribution in [2.24, 2.45) is 0 Å². The second kappa shape index (κ2) is 9.55. The second-order valence-corrected chi connectivity index (χ2v) is 9.22. The summed E-state index contributed by atoms with van der Waals surface area (Å²) < 4.78 is 45.4. The van der Waals surface area contributed by atoms with Crippen LogP contribution in [0.25, 0.3) is 11.1 Å². The number of ether oxygens (including phenoxy) is 2. The van der Waals surface area contributed by atoms with Gasteiger partial charge in [-0.05, 0) is 61.5 Å². The van der Waals surface area contributed by atoms with E-state index in [0.717, 1.165) is 0 Å². The van der Waals surface area contributed by atoms with Gasteiger partial charge in [-0.2, -0.15) is 0 Å². The Hall–Kier alpha value is -4.25. The van der Waals surface area contributed by atoms with Gasteiger partial charge in [0.25, 0.3) is 10.0 Å². The maximum Gasteiger partial charge on any atom is 0.420 e. The third kappa shape index (κ3) is 4.85. The summed E-state index contributed by atoms with van der Waals surface area (Å²) >= 11 is 0. The summed E-state index contributed by atoms with van der Waals surface area (Å²) in [4.78, 5) is 25.1. The first-order valence-corrected chi connectivity index (χ1v) is 12.0. The minimum absolute atomic E-state index is 0.0918. The van der Waals surface area contributed by atoms with Crippen LogP contribution in [-0.2, 0) is 14.8 Å². The second-order valence-electron chi connectivity index (χ2n) is 7.57. The monoisotopic (exact) mass is 497 g/mol. The number of carbonyl (C=O) groups excluding carboxylic acids is 1. The first kappa shape index (κ1) is 23.9. The van der Waals surface area contributed by atoms with Gasteiger partial charge in [-0.15, -0.1) is 0 Å². The van der Waals surface area contributed by atoms with Gasteiger partial charge in [0.15, 0.2) is 5.58 Å². The first-order chi connectivity index (χ1) is 16.7. The Morgan fingerprint density at radius 2 is 1.66 bits per heavy atom. The molecule has 0 aliphatic heterocycles. The lowest BCUT2D eigenvalue weighted by Crippen LogP contribution is -2.29. The Kier molecular flexibility index (Phi) is 6.52. The molecule has 1 heterocycles. The SMILES string of the molecule is COc1ccc(NS(=O)(=O)c2cc(NC(=O)[C@H](C)n3c(=O)oc4ccccc43)ccc2OC)cc1. The van der Waals surface area contributed by atoms with E-state index in [9.17, 15) is 18.0 Å². The van der Waals surface area contributed by atoms with Gasteiger partial charge < -0.3 is 19.2 Å². The highest BCUT2D eigenvalue weighted by atomic mass is 32.2. The van der Waals surface area contributed by atoms with E-state index < -0.39 is 27.7 Å². The van der Waals surface area contributed by atoms with Crippen molar-refractivity contribution in [1.29, 1.82) is 0 Å². The number of anilines is 2. The number of nitrogens with zero attached hydrogens (tertiary/aromatic N) is 1. The van der Waals surface area contributed by atoms with E-state index in [0.29, 0.717) is 22.5 Å². The molecule has 4 aromatic rings. The molecule has 0 bridgehead atoms. The molecule has 0 radical (unpaired) electrons. The number of oxazole rings is 1. The van der Waals surface area contributed by atoms with Crippen molar-refractivity contribution in [2.75, 3.05) is 24.3 Å². The van der Waals surface area contributed by atoms with Crippen LogP contribution >= 0.6 is 0 Å². The fraction of sp³-hybridized carbons (Fsp3) is 0.167. The Morgan fingerprint density at radius 3 is 2.34 bits per heavy atom. The molecular weight excluding hydrogens is 474 g/mol. The molecule has 0 aliphatic rings. The largest absolute Gasteiger partial charge is 0.497 e. The highest BCUT2D eigenvalue weighted by Crippen LogP contribution is 2.30. The number of nitrogens with one attached hydrogen (secondary N) is 2. The minimum atomic E-state index is -4.07. The molecule has 0 saturated heterocycles. The molecule has 4 rings (SSSR count). The van der Waals surface area contributed by atoms with Gasteiger partial charge >= 0.3 is 5.76 Å². The average molecular weight is 498 g/mol. The number of hydrogen-bond donors (Lipinski definition) is 2. The van der Waals surface area contributed by atoms with E-state index in [1.54, 1.807) is 55.5 Å². The number of aromatic nitrogens is 1. The minimum Gasteiger partial charge on any atom is -0.497 e. The molecule has 2 N–H and O–H groups in total. The lowest BCUT2D eigenvalue weighted by Gasteiger charge is -2.16. The van der Waals surface area contributed by atoms with Gasteiger partial charge in [-0.3, -0.25) is 14.1 Å². The van der Waals surface area contributed by atoms with Crippen molar-refractivity contribution in [3.63, 3.8) is 0 Å². The van der Waals surface area contributed by atoms with Gasteiger partial charge in [0.1, 0.15) is 22.4 Å². The fourth-order valence-electron chi connectivity index (χ4n) is 3.55. The molecule has 0 fully saturated rings. The summed E-state index contributed by atoms with van der Waals surface area (Å²) in [6.07, 6.45) is 0. The topological polar surface area (TPSA) is 129 Å². The Labute approximate surface area is 201 Å². The molecule has 0 unspecified atom stereocenters. The van der Waals surface area contributed by atoms with Crippen LogP contribution in [0.3, 0.4) is 0 Å². The number of amides is 1. The van der Waals surface area contributed by atoms with Crippen molar-refractivity contribution < 1.29 is 27.1 Å². The van der Waals surface area contributed by atoms with E-state index in [1.165, 1.54) is 37.0 Å². The van der Waals surface area contributed by atoms with Crippen molar-refractivity contribution >= 4 is 38.4 Å². The molecule has 0 saturated carbocycles. The number of para-hydroxylation sites is 2. The van der Waals surface area contributed by atoms with Crippen LogP contribution in [0.15, 0.2) is 80.8 Å². The smallest absolute Gasteiger partial charge is 0.420 e. The number of sulfonamides is 1. The molecule has 1 amide bonds. The number of methoxy groups -OCH3 is 2. The predicted molar refractivity (Wildman–Crippen MR) is 131 cm³/mol. The highest BCUT2D eigenvalue weighted by Gasteiger charge is 2.24.